The molecule has 178 valence electrons. The van der Waals surface area contributed by atoms with Gasteiger partial charge in [-0.15, -0.1) is 0 Å². The van der Waals surface area contributed by atoms with E-state index in [1.807, 2.05) is 13.0 Å². The Morgan fingerprint density at radius 1 is 0.697 bits per heavy atom. The van der Waals surface area contributed by atoms with Crippen molar-refractivity contribution in [1.82, 2.24) is 0 Å². The fourth-order valence-electron chi connectivity index (χ4n) is 7.08. The maximum absolute atomic E-state index is 11.5. The van der Waals surface area contributed by atoms with Crippen LogP contribution in [0.15, 0.2) is 20.0 Å². The molecule has 0 aromatic carbocycles. The van der Waals surface area contributed by atoms with Gasteiger partial charge in [0.05, 0.1) is 23.7 Å². The number of hydrogen-bond acceptors (Lipinski definition) is 8. The van der Waals surface area contributed by atoms with Crippen molar-refractivity contribution in [2.75, 3.05) is 0 Å². The zero-order valence-corrected chi connectivity index (χ0v) is 19.6. The van der Waals surface area contributed by atoms with Gasteiger partial charge in [-0.1, -0.05) is 6.92 Å². The molecule has 0 amide bonds. The first kappa shape index (κ1) is 25.1. The van der Waals surface area contributed by atoms with Gasteiger partial charge in [-0.2, -0.15) is 4.99 Å². The average Bonchev–Trinajstić information content (AvgIpc) is 2.81. The van der Waals surface area contributed by atoms with Crippen LogP contribution in [0.25, 0.3) is 0 Å². The van der Waals surface area contributed by atoms with E-state index in [2.05, 4.69) is 26.9 Å². The minimum Gasteiger partial charge on any atom is -0.211 e. The maximum atomic E-state index is 11.5. The number of rotatable bonds is 7. The predicted octanol–water partition coefficient (Wildman–Crippen LogP) is 4.24. The van der Waals surface area contributed by atoms with Gasteiger partial charge < -0.3 is 0 Å². The van der Waals surface area contributed by atoms with E-state index in [1.165, 1.54) is 0 Å². The zero-order valence-electron chi connectivity index (χ0n) is 19.6. The maximum Gasteiger partial charge on any atom is 0.235 e. The summed E-state index contributed by atoms with van der Waals surface area (Å²) in [7, 11) is 0. The summed E-state index contributed by atoms with van der Waals surface area (Å²) in [5.41, 5.74) is -0.639. The van der Waals surface area contributed by atoms with Crippen molar-refractivity contribution in [3.05, 3.63) is 0 Å². The first-order valence-electron chi connectivity index (χ1n) is 12.3. The lowest BCUT2D eigenvalue weighted by molar-refractivity contribution is -0.00192. The summed E-state index contributed by atoms with van der Waals surface area (Å²) >= 11 is 0. The van der Waals surface area contributed by atoms with Crippen molar-refractivity contribution in [1.29, 1.82) is 0 Å². The normalized spacial score (nSPS) is 39.5. The van der Waals surface area contributed by atoms with Crippen LogP contribution in [0.1, 0.15) is 78.1 Å². The van der Waals surface area contributed by atoms with Crippen molar-refractivity contribution in [2.24, 2.45) is 49.6 Å². The summed E-state index contributed by atoms with van der Waals surface area (Å²) in [5, 5.41) is 0. The van der Waals surface area contributed by atoms with Crippen molar-refractivity contribution >= 4 is 24.3 Å². The summed E-state index contributed by atoms with van der Waals surface area (Å²) in [5.74, 6) is 1.05. The highest BCUT2D eigenvalue weighted by Gasteiger charge is 2.53. The number of carbonyl (C=O) groups excluding carboxylic acids is 4. The molecule has 3 saturated carbocycles. The lowest BCUT2D eigenvalue weighted by atomic mass is 9.54. The molecule has 0 spiro atoms. The van der Waals surface area contributed by atoms with Gasteiger partial charge in [0.25, 0.3) is 0 Å². The van der Waals surface area contributed by atoms with E-state index in [0.29, 0.717) is 11.8 Å². The van der Waals surface area contributed by atoms with Gasteiger partial charge in [-0.25, -0.2) is 34.2 Å². The van der Waals surface area contributed by atoms with Crippen LogP contribution in [0.5, 0.6) is 0 Å². The number of hydrogen-bond donors (Lipinski definition) is 0. The minimum atomic E-state index is -0.639. The highest BCUT2D eigenvalue weighted by molar-refractivity contribution is 5.37. The Labute approximate surface area is 195 Å². The Kier molecular flexibility index (Phi) is 8.83. The molecule has 3 aliphatic rings. The molecule has 0 saturated heterocycles. The summed E-state index contributed by atoms with van der Waals surface area (Å²) in [6.45, 7) is 4.13. The second kappa shape index (κ2) is 11.6. The highest BCUT2D eigenvalue weighted by Crippen LogP contribution is 2.53. The Balaban J connectivity index is 1.99. The second-order valence-electron chi connectivity index (χ2n) is 10.5. The van der Waals surface area contributed by atoms with Crippen LogP contribution in [0, 0.1) is 29.6 Å². The average molecular weight is 455 g/mol. The first-order chi connectivity index (χ1) is 16.0. The van der Waals surface area contributed by atoms with E-state index in [-0.39, 0.29) is 35.9 Å². The molecule has 3 fully saturated rings. The van der Waals surface area contributed by atoms with E-state index in [4.69, 9.17) is 0 Å². The molecule has 0 bridgehead atoms. The molecule has 0 radical (unpaired) electrons. The van der Waals surface area contributed by atoms with Crippen LogP contribution in [-0.4, -0.2) is 48.0 Å². The molecule has 0 aromatic heterocycles. The van der Waals surface area contributed by atoms with Gasteiger partial charge in [0.15, 0.2) is 0 Å². The Morgan fingerprint density at radius 2 is 1.18 bits per heavy atom. The SMILES string of the molecule is CC1CCC(C)(N=C=O)C(C(C2CCC(N=C=O)CC2)C2CCC(N=C=O)CC2)C1N=C=O. The van der Waals surface area contributed by atoms with Gasteiger partial charge in [-0.3, -0.25) is 0 Å². The largest absolute Gasteiger partial charge is 0.235 e. The fraction of sp³-hybridized carbons (Fsp3) is 0.840. The Bertz CT molecular complexity index is 829. The molecule has 3 rings (SSSR count). The standard InChI is InChI=1S/C25H34N4O4/c1-17-11-12-25(2,29-16-33)23(24(17)28-15-32)22(18-3-7-20(8-4-18)26-13-30)19-5-9-21(10-6-19)27-14-31/h17-24H,3-12H2,1-2H3. The lowest BCUT2D eigenvalue weighted by Gasteiger charge is -2.53. The zero-order chi connectivity index (χ0) is 23.8. The second-order valence-corrected chi connectivity index (χ2v) is 10.5. The van der Waals surface area contributed by atoms with Crippen LogP contribution in [0.4, 0.5) is 0 Å². The third-order valence-electron chi connectivity index (χ3n) is 8.73. The number of aliphatic imine (C=N–C) groups is 4. The smallest absolute Gasteiger partial charge is 0.211 e. The van der Waals surface area contributed by atoms with Crippen LogP contribution in [0.3, 0.4) is 0 Å². The van der Waals surface area contributed by atoms with Crippen LogP contribution in [0.2, 0.25) is 0 Å². The van der Waals surface area contributed by atoms with Crippen molar-refractivity contribution in [2.45, 2.75) is 102 Å². The van der Waals surface area contributed by atoms with E-state index in [0.717, 1.165) is 64.2 Å². The quantitative estimate of drug-likeness (QED) is 0.422. The molecule has 33 heavy (non-hydrogen) atoms. The predicted molar refractivity (Wildman–Crippen MR) is 122 cm³/mol. The number of isocyanates is 4. The van der Waals surface area contributed by atoms with Crippen LogP contribution < -0.4 is 0 Å². The lowest BCUT2D eigenvalue weighted by Crippen LogP contribution is -2.54. The Hall–Kier alpha value is -2.48. The highest BCUT2D eigenvalue weighted by atomic mass is 16.1. The van der Waals surface area contributed by atoms with E-state index in [9.17, 15) is 19.2 Å². The fourth-order valence-corrected chi connectivity index (χ4v) is 7.08. The molecule has 0 heterocycles. The van der Waals surface area contributed by atoms with Crippen molar-refractivity contribution in [3.63, 3.8) is 0 Å². The molecular weight excluding hydrogens is 420 g/mol. The minimum absolute atomic E-state index is 0.0190. The molecule has 8 heteroatoms. The Morgan fingerprint density at radius 3 is 1.61 bits per heavy atom. The van der Waals surface area contributed by atoms with Gasteiger partial charge >= 0.3 is 0 Å². The summed E-state index contributed by atoms with van der Waals surface area (Å²) in [6.07, 6.45) is 15.6. The summed E-state index contributed by atoms with van der Waals surface area (Å²) in [6, 6.07) is -0.212. The van der Waals surface area contributed by atoms with E-state index >= 15 is 0 Å². The van der Waals surface area contributed by atoms with Gasteiger partial charge in [0, 0.05) is 5.92 Å². The van der Waals surface area contributed by atoms with Crippen molar-refractivity contribution in [3.8, 4) is 0 Å². The summed E-state index contributed by atoms with van der Waals surface area (Å²) in [4.78, 5) is 60.9. The van der Waals surface area contributed by atoms with Crippen LogP contribution >= 0.6 is 0 Å². The molecule has 0 aliphatic heterocycles. The van der Waals surface area contributed by atoms with Gasteiger partial charge in [-0.05, 0) is 94.8 Å². The first-order valence-corrected chi connectivity index (χ1v) is 12.3. The van der Waals surface area contributed by atoms with Crippen molar-refractivity contribution < 1.29 is 19.2 Å². The third-order valence-corrected chi connectivity index (χ3v) is 8.73. The van der Waals surface area contributed by atoms with E-state index < -0.39 is 5.54 Å². The molecule has 3 aliphatic carbocycles. The van der Waals surface area contributed by atoms with Gasteiger partial charge in [0.1, 0.15) is 0 Å². The molecule has 4 atom stereocenters. The molecule has 8 nitrogen and oxygen atoms in total. The molecular formula is C25H34N4O4. The van der Waals surface area contributed by atoms with Gasteiger partial charge in [0.2, 0.25) is 24.3 Å². The summed E-state index contributed by atoms with van der Waals surface area (Å²) < 4.78 is 0. The molecule has 4 unspecified atom stereocenters. The topological polar surface area (TPSA) is 118 Å². The number of nitrogens with zero attached hydrogens (tertiary/aromatic N) is 4. The van der Waals surface area contributed by atoms with Crippen LogP contribution in [-0.2, 0) is 19.2 Å². The third kappa shape index (κ3) is 5.72. The van der Waals surface area contributed by atoms with E-state index in [1.54, 1.807) is 18.2 Å². The molecule has 0 aromatic rings. The monoisotopic (exact) mass is 454 g/mol. The molecule has 0 N–H and O–H groups in total.